The summed E-state index contributed by atoms with van der Waals surface area (Å²) in [4.78, 5) is 49.3. The van der Waals surface area contributed by atoms with E-state index < -0.39 is 23.7 Å². The predicted molar refractivity (Wildman–Crippen MR) is 239 cm³/mol. The minimum Gasteiger partial charge on any atom is -0.480 e. The maximum absolute atomic E-state index is 12.8. The summed E-state index contributed by atoms with van der Waals surface area (Å²) >= 11 is 0. The van der Waals surface area contributed by atoms with Gasteiger partial charge in [0.2, 0.25) is 0 Å². The lowest BCUT2D eigenvalue weighted by molar-refractivity contribution is -0.156. The summed E-state index contributed by atoms with van der Waals surface area (Å²) < 4.78 is 54.6. The van der Waals surface area contributed by atoms with Crippen molar-refractivity contribution < 1.29 is 71.7 Å². The van der Waals surface area contributed by atoms with Crippen LogP contribution in [0.3, 0.4) is 0 Å². The molecule has 0 saturated heterocycles. The van der Waals surface area contributed by atoms with Crippen LogP contribution in [0, 0.1) is 0 Å². The van der Waals surface area contributed by atoms with E-state index in [0.717, 1.165) is 22.3 Å². The minimum atomic E-state index is -1.27. The maximum atomic E-state index is 12.8. The Hall–Kier alpha value is -4.98. The molecule has 0 saturated carbocycles. The molecule has 358 valence electrons. The number of benzene rings is 3. The van der Waals surface area contributed by atoms with Gasteiger partial charge in [0.25, 0.3) is 5.91 Å². The molecule has 3 aromatic carbocycles. The van der Waals surface area contributed by atoms with Crippen LogP contribution < -0.4 is 10.6 Å². The minimum absolute atomic E-state index is 0.0458. The van der Waals surface area contributed by atoms with Crippen molar-refractivity contribution in [3.8, 4) is 11.1 Å². The van der Waals surface area contributed by atoms with Gasteiger partial charge in [-0.3, -0.25) is 9.59 Å². The van der Waals surface area contributed by atoms with E-state index in [2.05, 4.69) is 10.6 Å². The number of aliphatic carboxylic acids is 1. The second-order valence-corrected chi connectivity index (χ2v) is 15.8. The summed E-state index contributed by atoms with van der Waals surface area (Å²) in [6.45, 7) is 12.3. The second-order valence-electron chi connectivity index (χ2n) is 15.8. The summed E-state index contributed by atoms with van der Waals surface area (Å²) in [5, 5.41) is 15.1. The highest BCUT2D eigenvalue weighted by Crippen LogP contribution is 2.44. The van der Waals surface area contributed by atoms with Crippen LogP contribution in [0.25, 0.3) is 11.1 Å². The molecule has 3 N–H and O–H groups in total. The van der Waals surface area contributed by atoms with Gasteiger partial charge in [0.15, 0.2) is 0 Å². The summed E-state index contributed by atoms with van der Waals surface area (Å²) in [6, 6.07) is 21.2. The van der Waals surface area contributed by atoms with Crippen LogP contribution in [0.1, 0.15) is 60.2 Å². The Kier molecular flexibility index (Phi) is 24.5. The maximum Gasteiger partial charge on any atom is 0.407 e. The number of carboxylic acids is 1. The van der Waals surface area contributed by atoms with Crippen molar-refractivity contribution in [1.82, 2.24) is 10.6 Å². The van der Waals surface area contributed by atoms with Crippen LogP contribution in [0.5, 0.6) is 0 Å². The van der Waals surface area contributed by atoms with Crippen molar-refractivity contribution in [3.63, 3.8) is 0 Å². The molecule has 17 nitrogen and oxygen atoms in total. The molecular weight excluding hydrogens is 845 g/mol. The lowest BCUT2D eigenvalue weighted by atomic mass is 9.98. The standard InChI is InChI=1S/C48H66N2O15/c1-48(2,3)65-44(51)15-17-56-19-21-58-23-25-60-27-29-62-31-32-63-30-28-61-26-24-59-22-20-57-18-16-49-45(52)37-10-8-9-36(33-37)34-43(46(53)54)50-47(55)64-35-42-40-13-6-4-11-38(40)39-12-5-7-14-41(39)42/h4-14,33,42-43H,15-32,34-35H2,1-3H3,(H,49,52)(H,50,55)(H,53,54)/t43-/m0/s1. The van der Waals surface area contributed by atoms with Gasteiger partial charge in [-0.1, -0.05) is 60.7 Å². The van der Waals surface area contributed by atoms with Crippen LogP contribution in [0.4, 0.5) is 4.79 Å². The van der Waals surface area contributed by atoms with Gasteiger partial charge in [0.1, 0.15) is 18.2 Å². The molecule has 1 aliphatic carbocycles. The highest BCUT2D eigenvalue weighted by atomic mass is 16.6. The van der Waals surface area contributed by atoms with Gasteiger partial charge in [-0.05, 0) is 60.7 Å². The first-order chi connectivity index (χ1) is 31.5. The third-order valence-electron chi connectivity index (χ3n) is 9.57. The Bertz CT molecular complexity index is 1820. The van der Waals surface area contributed by atoms with Gasteiger partial charge in [-0.15, -0.1) is 0 Å². The van der Waals surface area contributed by atoms with Crippen LogP contribution in [-0.4, -0.2) is 160 Å². The van der Waals surface area contributed by atoms with Gasteiger partial charge in [-0.2, -0.15) is 0 Å². The molecule has 0 heterocycles. The normalized spacial score (nSPS) is 12.6. The molecule has 17 heteroatoms. The Morgan fingerprint density at radius 2 is 1.06 bits per heavy atom. The van der Waals surface area contributed by atoms with Gasteiger partial charge < -0.3 is 63.1 Å². The average molecular weight is 911 g/mol. The van der Waals surface area contributed by atoms with Crippen LogP contribution >= 0.6 is 0 Å². The summed E-state index contributed by atoms with van der Waals surface area (Å²) in [5.41, 5.74) is 4.71. The third-order valence-corrected chi connectivity index (χ3v) is 9.57. The molecule has 0 aliphatic heterocycles. The molecular formula is C48H66N2O15. The molecule has 0 bridgehead atoms. The second kappa shape index (κ2) is 30.3. The third kappa shape index (κ3) is 21.3. The molecule has 1 aliphatic rings. The Morgan fingerprint density at radius 1 is 0.600 bits per heavy atom. The van der Waals surface area contributed by atoms with Crippen molar-refractivity contribution in [2.75, 3.05) is 119 Å². The molecule has 0 aromatic heterocycles. The molecule has 65 heavy (non-hydrogen) atoms. The van der Waals surface area contributed by atoms with Crippen molar-refractivity contribution >= 4 is 23.9 Å². The number of nitrogens with one attached hydrogen (secondary N) is 2. The lowest BCUT2D eigenvalue weighted by Gasteiger charge is -2.19. The van der Waals surface area contributed by atoms with E-state index in [1.807, 2.05) is 69.3 Å². The summed E-state index contributed by atoms with van der Waals surface area (Å²) in [6.07, 6.45) is -0.665. The van der Waals surface area contributed by atoms with E-state index in [1.165, 1.54) is 0 Å². The first kappa shape index (κ1) is 52.6. The van der Waals surface area contributed by atoms with Crippen molar-refractivity contribution in [2.45, 2.75) is 51.2 Å². The number of amides is 2. The lowest BCUT2D eigenvalue weighted by Crippen LogP contribution is -2.43. The van der Waals surface area contributed by atoms with E-state index in [-0.39, 0.29) is 50.4 Å². The predicted octanol–water partition coefficient (Wildman–Crippen LogP) is 4.82. The fraction of sp³-hybridized carbons (Fsp3) is 0.542. The largest absolute Gasteiger partial charge is 0.480 e. The van der Waals surface area contributed by atoms with Crippen LogP contribution in [0.2, 0.25) is 0 Å². The Morgan fingerprint density at radius 3 is 1.54 bits per heavy atom. The summed E-state index contributed by atoms with van der Waals surface area (Å²) in [5.74, 6) is -2.00. The summed E-state index contributed by atoms with van der Waals surface area (Å²) in [7, 11) is 0. The van der Waals surface area contributed by atoms with Gasteiger partial charge >= 0.3 is 18.0 Å². The van der Waals surface area contributed by atoms with E-state index in [1.54, 1.807) is 24.3 Å². The number of alkyl carbamates (subject to hydrolysis) is 1. The van der Waals surface area contributed by atoms with Gasteiger partial charge in [-0.25, -0.2) is 9.59 Å². The average Bonchev–Trinajstić information content (AvgIpc) is 3.60. The van der Waals surface area contributed by atoms with Crippen molar-refractivity contribution in [3.05, 3.63) is 95.1 Å². The van der Waals surface area contributed by atoms with E-state index >= 15 is 0 Å². The van der Waals surface area contributed by atoms with E-state index in [4.69, 9.17) is 47.4 Å². The molecule has 3 aromatic rings. The van der Waals surface area contributed by atoms with Crippen molar-refractivity contribution in [2.24, 2.45) is 0 Å². The molecule has 1 atom stereocenters. The molecule has 0 unspecified atom stereocenters. The fourth-order valence-electron chi connectivity index (χ4n) is 6.59. The number of carboxylic acid groups (broad SMARTS) is 1. The number of esters is 1. The van der Waals surface area contributed by atoms with E-state index in [9.17, 15) is 24.3 Å². The first-order valence-electron chi connectivity index (χ1n) is 22.1. The van der Waals surface area contributed by atoms with Crippen LogP contribution in [-0.2, 0) is 63.4 Å². The Labute approximate surface area is 381 Å². The molecule has 4 rings (SSSR count). The Balaban J connectivity index is 0.917. The number of hydrogen-bond donors (Lipinski definition) is 3. The number of hydrogen-bond acceptors (Lipinski definition) is 14. The highest BCUT2D eigenvalue weighted by molar-refractivity contribution is 5.94. The highest BCUT2D eigenvalue weighted by Gasteiger charge is 2.30. The van der Waals surface area contributed by atoms with Crippen molar-refractivity contribution in [1.29, 1.82) is 0 Å². The van der Waals surface area contributed by atoms with E-state index in [0.29, 0.717) is 110 Å². The number of carbonyl (C=O) groups excluding carboxylic acids is 3. The quantitative estimate of drug-likeness (QED) is 0.0543. The topological polar surface area (TPSA) is 205 Å². The van der Waals surface area contributed by atoms with Crippen LogP contribution in [0.15, 0.2) is 72.8 Å². The zero-order chi connectivity index (χ0) is 46.5. The fourth-order valence-corrected chi connectivity index (χ4v) is 6.59. The monoisotopic (exact) mass is 910 g/mol. The van der Waals surface area contributed by atoms with Gasteiger partial charge in [0.05, 0.1) is 112 Å². The number of fused-ring (bicyclic) bond motifs is 3. The molecule has 2 amide bonds. The molecule has 0 spiro atoms. The number of carbonyl (C=O) groups is 4. The smallest absolute Gasteiger partial charge is 0.407 e. The molecule has 0 radical (unpaired) electrons. The first-order valence-corrected chi connectivity index (χ1v) is 22.1. The number of rotatable bonds is 34. The zero-order valence-electron chi connectivity index (χ0n) is 37.9. The SMILES string of the molecule is CC(C)(C)OC(=O)CCOCCOCCOCCOCCOCCOCCOCCOCCNC(=O)c1cccc(C[C@H](NC(=O)OCC2c3ccccc3-c3ccccc32)C(=O)O)c1. The zero-order valence-corrected chi connectivity index (χ0v) is 37.9. The molecule has 0 fully saturated rings. The van der Waals surface area contributed by atoms with Gasteiger partial charge in [0, 0.05) is 24.4 Å². The number of ether oxygens (including phenoxy) is 10.